The predicted octanol–water partition coefficient (Wildman–Crippen LogP) is 1.04. The highest BCUT2D eigenvalue weighted by Crippen LogP contribution is 2.32. The van der Waals surface area contributed by atoms with Crippen molar-refractivity contribution in [1.29, 1.82) is 0 Å². The molecule has 0 aliphatic carbocycles. The number of carbonyl (C=O) groups is 2. The summed E-state index contributed by atoms with van der Waals surface area (Å²) in [5, 5.41) is 10.6. The molecule has 1 aliphatic rings. The molecule has 1 aromatic carbocycles. The molecule has 1 aromatic rings. The van der Waals surface area contributed by atoms with Crippen LogP contribution in [0, 0.1) is 0 Å². The van der Waals surface area contributed by atoms with Gasteiger partial charge in [0.2, 0.25) is 0 Å². The minimum Gasteiger partial charge on any atom is -0.548 e. The van der Waals surface area contributed by atoms with Gasteiger partial charge in [0.1, 0.15) is 10.1 Å². The number of ether oxygens (including phenoxy) is 1. The van der Waals surface area contributed by atoms with Crippen LogP contribution in [0.25, 0.3) is 6.08 Å². The van der Waals surface area contributed by atoms with Crippen molar-refractivity contribution < 1.29 is 19.4 Å². The number of nitrogens with zero attached hydrogens (tertiary/aromatic N) is 1. The average molecular weight is 322 g/mol. The molecule has 0 aromatic heterocycles. The Morgan fingerprint density at radius 2 is 2.10 bits per heavy atom. The van der Waals surface area contributed by atoms with Crippen LogP contribution in [0.3, 0.4) is 0 Å². The van der Waals surface area contributed by atoms with Crippen molar-refractivity contribution in [3.8, 4) is 5.75 Å². The van der Waals surface area contributed by atoms with Gasteiger partial charge in [0.25, 0.3) is 5.91 Å². The Labute approximate surface area is 131 Å². The summed E-state index contributed by atoms with van der Waals surface area (Å²) in [5.74, 6) is -1.00. The lowest BCUT2D eigenvalue weighted by atomic mass is 10.2. The van der Waals surface area contributed by atoms with E-state index in [1.807, 2.05) is 19.1 Å². The Hall–Kier alpha value is -1.86. The molecule has 0 atom stereocenters. The van der Waals surface area contributed by atoms with Gasteiger partial charge in [0.05, 0.1) is 24.0 Å². The first kappa shape index (κ1) is 15.5. The van der Waals surface area contributed by atoms with Gasteiger partial charge in [0.15, 0.2) is 0 Å². The normalized spacial score (nSPS) is 16.6. The quantitative estimate of drug-likeness (QED) is 0.596. The van der Waals surface area contributed by atoms with Crippen molar-refractivity contribution >= 4 is 46.3 Å². The molecule has 0 radical (unpaired) electrons. The molecule has 1 fully saturated rings. The fraction of sp³-hybridized carbons (Fsp3) is 0.214. The third-order valence-electron chi connectivity index (χ3n) is 2.65. The minimum absolute atomic E-state index is 0.224. The molecule has 5 nitrogen and oxygen atoms in total. The molecular weight excluding hydrogens is 310 g/mol. The monoisotopic (exact) mass is 322 g/mol. The molecule has 1 aliphatic heterocycles. The van der Waals surface area contributed by atoms with Gasteiger partial charge in [-0.3, -0.25) is 9.69 Å². The maximum atomic E-state index is 12.1. The molecule has 1 heterocycles. The number of hydrogen-bond donors (Lipinski definition) is 0. The predicted molar refractivity (Wildman–Crippen MR) is 82.5 cm³/mol. The van der Waals surface area contributed by atoms with Gasteiger partial charge in [-0.15, -0.1) is 0 Å². The lowest BCUT2D eigenvalue weighted by molar-refractivity contribution is -0.305. The number of aliphatic carboxylic acids is 1. The zero-order chi connectivity index (χ0) is 15.4. The number of carboxylic acids is 1. The summed E-state index contributed by atoms with van der Waals surface area (Å²) < 4.78 is 5.56. The first-order valence-corrected chi connectivity index (χ1v) is 7.42. The van der Waals surface area contributed by atoms with Crippen LogP contribution in [0.2, 0.25) is 0 Å². The van der Waals surface area contributed by atoms with E-state index < -0.39 is 18.4 Å². The maximum Gasteiger partial charge on any atom is 0.266 e. The summed E-state index contributed by atoms with van der Waals surface area (Å²) in [6.07, 6.45) is 1.67. The van der Waals surface area contributed by atoms with E-state index in [0.717, 1.165) is 28.0 Å². The summed E-state index contributed by atoms with van der Waals surface area (Å²) in [4.78, 5) is 24.1. The van der Waals surface area contributed by atoms with Crippen LogP contribution in [0.1, 0.15) is 12.5 Å². The summed E-state index contributed by atoms with van der Waals surface area (Å²) in [6.45, 7) is 1.96. The van der Waals surface area contributed by atoms with Gasteiger partial charge >= 0.3 is 0 Å². The molecule has 7 heteroatoms. The van der Waals surface area contributed by atoms with Crippen LogP contribution >= 0.6 is 24.0 Å². The molecule has 1 saturated heterocycles. The number of rotatable bonds is 5. The molecular formula is C14H12NO4S2-. The highest BCUT2D eigenvalue weighted by Gasteiger charge is 2.31. The SMILES string of the molecule is CCOc1ccc(C=C2SC(=S)N(CC(=O)[O-])C2=O)cc1. The van der Waals surface area contributed by atoms with E-state index in [4.69, 9.17) is 17.0 Å². The molecule has 110 valence electrons. The number of thioether (sulfide) groups is 1. The lowest BCUT2D eigenvalue weighted by Crippen LogP contribution is -2.40. The van der Waals surface area contributed by atoms with E-state index in [0.29, 0.717) is 11.5 Å². The van der Waals surface area contributed by atoms with Crippen molar-refractivity contribution in [3.05, 3.63) is 34.7 Å². The Kier molecular flexibility index (Phi) is 4.98. The van der Waals surface area contributed by atoms with Crippen molar-refractivity contribution in [2.24, 2.45) is 0 Å². The molecule has 2 rings (SSSR count). The standard InChI is InChI=1S/C14H13NO4S2/c1-2-19-10-5-3-9(4-6-10)7-11-13(18)15(8-12(16)17)14(20)21-11/h3-7H,2,8H2,1H3,(H,16,17)/p-1. The molecule has 0 spiro atoms. The second-order valence-corrected chi connectivity index (χ2v) is 5.82. The van der Waals surface area contributed by atoms with Crippen LogP contribution in [0.15, 0.2) is 29.2 Å². The third kappa shape index (κ3) is 3.83. The smallest absolute Gasteiger partial charge is 0.266 e. The van der Waals surface area contributed by atoms with Gasteiger partial charge < -0.3 is 14.6 Å². The number of amides is 1. The van der Waals surface area contributed by atoms with E-state index in [2.05, 4.69) is 0 Å². The van der Waals surface area contributed by atoms with E-state index in [1.54, 1.807) is 18.2 Å². The van der Waals surface area contributed by atoms with E-state index >= 15 is 0 Å². The average Bonchev–Trinajstić information content (AvgIpc) is 2.69. The summed E-state index contributed by atoms with van der Waals surface area (Å²) in [7, 11) is 0. The topological polar surface area (TPSA) is 69.7 Å². The fourth-order valence-electron chi connectivity index (χ4n) is 1.74. The number of hydrogen-bond acceptors (Lipinski definition) is 6. The van der Waals surface area contributed by atoms with Crippen LogP contribution in [-0.4, -0.2) is 34.2 Å². The van der Waals surface area contributed by atoms with Crippen LogP contribution in [0.4, 0.5) is 0 Å². The molecule has 0 unspecified atom stereocenters. The number of carbonyl (C=O) groups excluding carboxylic acids is 2. The summed E-state index contributed by atoms with van der Waals surface area (Å²) in [5.41, 5.74) is 0.812. The highest BCUT2D eigenvalue weighted by atomic mass is 32.2. The Balaban J connectivity index is 2.16. The molecule has 1 amide bonds. The number of carboxylic acid groups (broad SMARTS) is 1. The zero-order valence-electron chi connectivity index (χ0n) is 11.2. The van der Waals surface area contributed by atoms with Gasteiger partial charge in [-0.2, -0.15) is 0 Å². The van der Waals surface area contributed by atoms with Crippen molar-refractivity contribution in [1.82, 2.24) is 4.90 Å². The Morgan fingerprint density at radius 1 is 1.43 bits per heavy atom. The molecule has 21 heavy (non-hydrogen) atoms. The van der Waals surface area contributed by atoms with Gasteiger partial charge in [-0.1, -0.05) is 36.1 Å². The van der Waals surface area contributed by atoms with Gasteiger partial charge in [0, 0.05) is 0 Å². The van der Waals surface area contributed by atoms with E-state index in [9.17, 15) is 14.7 Å². The maximum absolute atomic E-state index is 12.1. The summed E-state index contributed by atoms with van der Waals surface area (Å²) >= 11 is 6.08. The number of thiocarbonyl (C=S) groups is 1. The van der Waals surface area contributed by atoms with E-state index in [1.165, 1.54) is 0 Å². The molecule has 0 saturated carbocycles. The van der Waals surface area contributed by atoms with Crippen molar-refractivity contribution in [3.63, 3.8) is 0 Å². The van der Waals surface area contributed by atoms with E-state index in [-0.39, 0.29) is 4.32 Å². The van der Waals surface area contributed by atoms with Gasteiger partial charge in [-0.25, -0.2) is 0 Å². The second kappa shape index (κ2) is 6.73. The first-order valence-electron chi connectivity index (χ1n) is 6.19. The molecule has 0 bridgehead atoms. The summed E-state index contributed by atoms with van der Waals surface area (Å²) in [6, 6.07) is 7.24. The van der Waals surface area contributed by atoms with Gasteiger partial charge in [-0.05, 0) is 30.7 Å². The minimum atomic E-state index is -1.34. The van der Waals surface area contributed by atoms with Crippen LogP contribution in [0.5, 0.6) is 5.75 Å². The number of benzene rings is 1. The lowest BCUT2D eigenvalue weighted by Gasteiger charge is -2.14. The second-order valence-electron chi connectivity index (χ2n) is 4.14. The fourth-order valence-corrected chi connectivity index (χ4v) is 3.00. The largest absolute Gasteiger partial charge is 0.548 e. The zero-order valence-corrected chi connectivity index (χ0v) is 12.8. The molecule has 0 N–H and O–H groups in total. The first-order chi connectivity index (χ1) is 10.0. The van der Waals surface area contributed by atoms with Crippen molar-refractivity contribution in [2.75, 3.05) is 13.2 Å². The van der Waals surface area contributed by atoms with Crippen LogP contribution in [-0.2, 0) is 9.59 Å². The van der Waals surface area contributed by atoms with Crippen molar-refractivity contribution in [2.45, 2.75) is 6.92 Å². The Morgan fingerprint density at radius 3 is 2.67 bits per heavy atom. The van der Waals surface area contributed by atoms with Crippen LogP contribution < -0.4 is 9.84 Å². The highest BCUT2D eigenvalue weighted by molar-refractivity contribution is 8.26. The Bertz CT molecular complexity index is 610. The third-order valence-corrected chi connectivity index (χ3v) is 4.03.